The van der Waals surface area contributed by atoms with E-state index in [4.69, 9.17) is 4.74 Å². The third-order valence-corrected chi connectivity index (χ3v) is 4.24. The molecule has 3 nitrogen and oxygen atoms in total. The van der Waals surface area contributed by atoms with E-state index < -0.39 is 0 Å². The second kappa shape index (κ2) is 7.43. The average Bonchev–Trinajstić information content (AvgIpc) is 2.74. The van der Waals surface area contributed by atoms with Crippen LogP contribution in [0.1, 0.15) is 11.1 Å². The second-order valence-corrected chi connectivity index (χ2v) is 5.84. The van der Waals surface area contributed by atoms with Crippen molar-refractivity contribution in [1.82, 2.24) is 5.32 Å². The van der Waals surface area contributed by atoms with E-state index in [-0.39, 0.29) is 0 Å². The molecule has 2 aromatic carbocycles. The fraction of sp³-hybridized carbons (Fsp3) is 0.368. The Kier molecular flexibility index (Phi) is 5.09. The number of rotatable bonds is 5. The molecular formula is C19H24N2O. The molecule has 0 amide bonds. The zero-order valence-corrected chi connectivity index (χ0v) is 13.2. The van der Waals surface area contributed by atoms with Gasteiger partial charge in [-0.1, -0.05) is 48.5 Å². The van der Waals surface area contributed by atoms with Gasteiger partial charge >= 0.3 is 0 Å². The zero-order valence-electron chi connectivity index (χ0n) is 13.2. The van der Waals surface area contributed by atoms with Gasteiger partial charge in [-0.05, 0) is 23.6 Å². The first-order valence-electron chi connectivity index (χ1n) is 7.96. The van der Waals surface area contributed by atoms with E-state index in [0.29, 0.717) is 6.04 Å². The molecule has 0 aliphatic carbocycles. The van der Waals surface area contributed by atoms with E-state index >= 15 is 0 Å². The number of anilines is 1. The number of ether oxygens (including phenoxy) is 1. The number of nitrogens with one attached hydrogen (secondary N) is 1. The molecule has 1 atom stereocenters. The number of fused-ring (bicyclic) bond motifs is 1. The maximum Gasteiger partial charge on any atom is 0.0637 e. The molecular weight excluding hydrogens is 272 g/mol. The summed E-state index contributed by atoms with van der Waals surface area (Å²) in [5.41, 5.74) is 4.09. The minimum atomic E-state index is 0.451. The van der Waals surface area contributed by atoms with Crippen molar-refractivity contribution in [3.63, 3.8) is 0 Å². The van der Waals surface area contributed by atoms with E-state index in [1.165, 1.54) is 16.8 Å². The standard InChI is InChI=1S/C19H24N2O/c1-22-12-11-21-15-18(13-16-7-3-2-4-8-16)20-14-17-9-5-6-10-19(17)21/h2-10,18,20H,11-15H2,1H3. The van der Waals surface area contributed by atoms with Crippen LogP contribution in [0.3, 0.4) is 0 Å². The van der Waals surface area contributed by atoms with Gasteiger partial charge in [0.15, 0.2) is 0 Å². The predicted octanol–water partition coefficient (Wildman–Crippen LogP) is 2.85. The predicted molar refractivity (Wildman–Crippen MR) is 91.3 cm³/mol. The van der Waals surface area contributed by atoms with Crippen LogP contribution in [0, 0.1) is 0 Å². The third kappa shape index (κ3) is 3.67. The van der Waals surface area contributed by atoms with Gasteiger partial charge in [0.05, 0.1) is 6.61 Å². The number of benzene rings is 2. The van der Waals surface area contributed by atoms with Gasteiger partial charge in [-0.3, -0.25) is 0 Å². The van der Waals surface area contributed by atoms with Gasteiger partial charge in [-0.2, -0.15) is 0 Å². The Balaban J connectivity index is 1.76. The number of methoxy groups -OCH3 is 1. The van der Waals surface area contributed by atoms with Crippen LogP contribution >= 0.6 is 0 Å². The zero-order chi connectivity index (χ0) is 15.2. The third-order valence-electron chi connectivity index (χ3n) is 4.24. The summed E-state index contributed by atoms with van der Waals surface area (Å²) in [7, 11) is 1.77. The van der Waals surface area contributed by atoms with Crippen LogP contribution in [0.5, 0.6) is 0 Å². The van der Waals surface area contributed by atoms with Crippen LogP contribution in [0.25, 0.3) is 0 Å². The van der Waals surface area contributed by atoms with Crippen molar-refractivity contribution in [2.75, 3.05) is 31.7 Å². The van der Waals surface area contributed by atoms with Crippen molar-refractivity contribution in [2.24, 2.45) is 0 Å². The molecule has 1 aliphatic rings. The number of nitrogens with zero attached hydrogens (tertiary/aromatic N) is 1. The Bertz CT molecular complexity index is 585. The highest BCUT2D eigenvalue weighted by Crippen LogP contribution is 2.23. The molecule has 0 fully saturated rings. The Morgan fingerprint density at radius 1 is 1.09 bits per heavy atom. The van der Waals surface area contributed by atoms with Gasteiger partial charge < -0.3 is 15.0 Å². The van der Waals surface area contributed by atoms with Crippen LogP contribution in [0.2, 0.25) is 0 Å². The summed E-state index contributed by atoms with van der Waals surface area (Å²) in [6.07, 6.45) is 1.05. The van der Waals surface area contributed by atoms with Gasteiger partial charge in [-0.25, -0.2) is 0 Å². The first-order chi connectivity index (χ1) is 10.9. The van der Waals surface area contributed by atoms with Crippen molar-refractivity contribution in [1.29, 1.82) is 0 Å². The van der Waals surface area contributed by atoms with Gasteiger partial charge in [-0.15, -0.1) is 0 Å². The number of hydrogen-bond acceptors (Lipinski definition) is 3. The number of hydrogen-bond donors (Lipinski definition) is 1. The summed E-state index contributed by atoms with van der Waals surface area (Å²) in [6, 6.07) is 19.8. The van der Waals surface area contributed by atoms with E-state index in [2.05, 4.69) is 64.8 Å². The van der Waals surface area contributed by atoms with Crippen molar-refractivity contribution >= 4 is 5.69 Å². The van der Waals surface area contributed by atoms with E-state index in [1.807, 2.05) is 0 Å². The smallest absolute Gasteiger partial charge is 0.0637 e. The first-order valence-corrected chi connectivity index (χ1v) is 7.96. The lowest BCUT2D eigenvalue weighted by molar-refractivity contribution is 0.204. The average molecular weight is 296 g/mol. The largest absolute Gasteiger partial charge is 0.383 e. The van der Waals surface area contributed by atoms with Crippen molar-refractivity contribution < 1.29 is 4.74 Å². The lowest BCUT2D eigenvalue weighted by Crippen LogP contribution is -2.41. The quantitative estimate of drug-likeness (QED) is 0.918. The molecule has 3 rings (SSSR count). The highest BCUT2D eigenvalue weighted by Gasteiger charge is 2.21. The summed E-state index contributed by atoms with van der Waals surface area (Å²) >= 11 is 0. The topological polar surface area (TPSA) is 24.5 Å². The molecule has 3 heteroatoms. The molecule has 22 heavy (non-hydrogen) atoms. The Morgan fingerprint density at radius 2 is 1.86 bits per heavy atom. The molecule has 1 unspecified atom stereocenters. The summed E-state index contributed by atoms with van der Waals surface area (Å²) in [5.74, 6) is 0. The molecule has 1 aliphatic heterocycles. The van der Waals surface area contributed by atoms with Gasteiger partial charge in [0.1, 0.15) is 0 Å². The number of para-hydroxylation sites is 1. The molecule has 116 valence electrons. The summed E-state index contributed by atoms with van der Waals surface area (Å²) in [6.45, 7) is 3.62. The molecule has 2 aromatic rings. The fourth-order valence-corrected chi connectivity index (χ4v) is 3.10. The van der Waals surface area contributed by atoms with Crippen LogP contribution in [0.4, 0.5) is 5.69 Å². The van der Waals surface area contributed by atoms with Gasteiger partial charge in [0.2, 0.25) is 0 Å². The second-order valence-electron chi connectivity index (χ2n) is 5.84. The monoisotopic (exact) mass is 296 g/mol. The van der Waals surface area contributed by atoms with E-state index in [0.717, 1.165) is 32.7 Å². The van der Waals surface area contributed by atoms with Crippen molar-refractivity contribution in [3.05, 3.63) is 65.7 Å². The van der Waals surface area contributed by atoms with Gasteiger partial charge in [0.25, 0.3) is 0 Å². The normalized spacial score (nSPS) is 17.9. The molecule has 0 saturated carbocycles. The van der Waals surface area contributed by atoms with Crippen molar-refractivity contribution in [3.8, 4) is 0 Å². The maximum absolute atomic E-state index is 5.29. The minimum absolute atomic E-state index is 0.451. The SMILES string of the molecule is COCCN1CC(Cc2ccccc2)NCc2ccccc21. The van der Waals surface area contributed by atoms with Crippen LogP contribution < -0.4 is 10.2 Å². The van der Waals surface area contributed by atoms with E-state index in [9.17, 15) is 0 Å². The molecule has 0 saturated heterocycles. The van der Waals surface area contributed by atoms with Crippen LogP contribution in [-0.4, -0.2) is 32.8 Å². The fourth-order valence-electron chi connectivity index (χ4n) is 3.10. The summed E-state index contributed by atoms with van der Waals surface area (Å²) in [5, 5.41) is 3.71. The van der Waals surface area contributed by atoms with Gasteiger partial charge in [0, 0.05) is 38.5 Å². The lowest BCUT2D eigenvalue weighted by atomic mass is 10.1. The molecule has 0 aromatic heterocycles. The molecule has 1 heterocycles. The lowest BCUT2D eigenvalue weighted by Gasteiger charge is -2.27. The highest BCUT2D eigenvalue weighted by molar-refractivity contribution is 5.54. The Hall–Kier alpha value is -1.84. The summed E-state index contributed by atoms with van der Waals surface area (Å²) < 4.78 is 5.29. The molecule has 0 bridgehead atoms. The van der Waals surface area contributed by atoms with Crippen molar-refractivity contribution in [2.45, 2.75) is 19.0 Å². The maximum atomic E-state index is 5.29. The van der Waals surface area contributed by atoms with E-state index in [1.54, 1.807) is 7.11 Å². The first kappa shape index (κ1) is 15.1. The Morgan fingerprint density at radius 3 is 2.68 bits per heavy atom. The minimum Gasteiger partial charge on any atom is -0.383 e. The Labute approximate surface area is 132 Å². The molecule has 0 radical (unpaired) electrons. The van der Waals surface area contributed by atoms with Crippen LogP contribution in [-0.2, 0) is 17.7 Å². The molecule has 0 spiro atoms. The summed E-state index contributed by atoms with van der Waals surface area (Å²) in [4.78, 5) is 2.45. The highest BCUT2D eigenvalue weighted by atomic mass is 16.5. The molecule has 1 N–H and O–H groups in total. The van der Waals surface area contributed by atoms with Crippen LogP contribution in [0.15, 0.2) is 54.6 Å².